The number of nitrogens with one attached hydrogen (secondary N) is 1. The van der Waals surface area contributed by atoms with E-state index in [4.69, 9.17) is 0 Å². The van der Waals surface area contributed by atoms with Crippen molar-refractivity contribution in [3.63, 3.8) is 0 Å². The first-order chi connectivity index (χ1) is 14.6. The zero-order valence-electron chi connectivity index (χ0n) is 16.1. The Morgan fingerprint density at radius 2 is 2.03 bits per heavy atom. The Morgan fingerprint density at radius 3 is 2.77 bits per heavy atom. The monoisotopic (exact) mass is 424 g/mol. The third kappa shape index (κ3) is 4.60. The van der Waals surface area contributed by atoms with Gasteiger partial charge in [-0.25, -0.2) is 15.0 Å². The van der Waals surface area contributed by atoms with Crippen LogP contribution in [0.3, 0.4) is 0 Å². The fourth-order valence-corrected chi connectivity index (χ4v) is 3.97. The van der Waals surface area contributed by atoms with Gasteiger partial charge in [-0.15, -0.1) is 11.3 Å². The number of carbonyl (C=O) groups is 3. The molecule has 1 unspecified atom stereocenters. The van der Waals surface area contributed by atoms with Crippen LogP contribution in [0.4, 0.5) is 10.9 Å². The van der Waals surface area contributed by atoms with Crippen molar-refractivity contribution < 1.29 is 14.4 Å². The van der Waals surface area contributed by atoms with E-state index in [0.717, 1.165) is 18.9 Å². The van der Waals surface area contributed by atoms with E-state index in [9.17, 15) is 14.4 Å². The molecule has 2 aliphatic rings. The third-order valence-electron chi connectivity index (χ3n) is 4.86. The normalized spacial score (nSPS) is 18.5. The smallest absolute Gasteiger partial charge is 0.262 e. The lowest BCUT2D eigenvalue weighted by molar-refractivity contribution is -0.131. The van der Waals surface area contributed by atoms with Crippen molar-refractivity contribution >= 4 is 46.2 Å². The number of piperazine rings is 1. The van der Waals surface area contributed by atoms with Crippen molar-refractivity contribution in [2.24, 2.45) is 10.9 Å². The number of anilines is 2. The van der Waals surface area contributed by atoms with E-state index in [1.807, 2.05) is 23.1 Å². The minimum Gasteiger partial charge on any atom is -0.353 e. The highest BCUT2D eigenvalue weighted by atomic mass is 32.1. The predicted octanol–water partition coefficient (Wildman–Crippen LogP) is 1.15. The molecule has 0 saturated carbocycles. The van der Waals surface area contributed by atoms with Gasteiger partial charge in [-0.1, -0.05) is 12.1 Å². The Labute approximate surface area is 177 Å². The van der Waals surface area contributed by atoms with Crippen LogP contribution in [0.2, 0.25) is 0 Å². The molecule has 1 fully saturated rings. The second kappa shape index (κ2) is 8.95. The summed E-state index contributed by atoms with van der Waals surface area (Å²) < 4.78 is 0. The molecular weight excluding hydrogens is 404 g/mol. The number of amides is 3. The standard InChI is InChI=1S/C20H20N6O3S/c27-17(26-10-8-25(9-11-26)16-5-1-2-6-21-16)12-14-13-30-20(23-14)24-19(29)15-4-3-7-22-18(15)28/h1-7,13,15H,8-12H2,(H,23,24,29). The molecule has 0 aromatic carbocycles. The maximum Gasteiger partial charge on any atom is 0.262 e. The van der Waals surface area contributed by atoms with Crippen LogP contribution < -0.4 is 10.2 Å². The average molecular weight is 424 g/mol. The molecule has 0 spiro atoms. The number of aromatic nitrogens is 2. The molecule has 3 amide bonds. The number of hydrogen-bond donors (Lipinski definition) is 1. The highest BCUT2D eigenvalue weighted by Crippen LogP contribution is 2.19. The Bertz CT molecular complexity index is 995. The average Bonchev–Trinajstić information content (AvgIpc) is 3.21. The minimum absolute atomic E-state index is 0.00132. The molecule has 9 nitrogen and oxygen atoms in total. The second-order valence-electron chi connectivity index (χ2n) is 6.84. The Morgan fingerprint density at radius 1 is 1.20 bits per heavy atom. The van der Waals surface area contributed by atoms with Gasteiger partial charge in [-0.2, -0.15) is 0 Å². The lowest BCUT2D eigenvalue weighted by Gasteiger charge is -2.35. The molecule has 2 aliphatic heterocycles. The van der Waals surface area contributed by atoms with Crippen LogP contribution >= 0.6 is 11.3 Å². The van der Waals surface area contributed by atoms with E-state index in [1.165, 1.54) is 23.6 Å². The first kappa shape index (κ1) is 19.9. The summed E-state index contributed by atoms with van der Waals surface area (Å²) in [6, 6.07) is 5.79. The molecule has 0 bridgehead atoms. The summed E-state index contributed by atoms with van der Waals surface area (Å²) in [5, 5.41) is 4.73. The molecule has 2 aromatic rings. The van der Waals surface area contributed by atoms with Crippen molar-refractivity contribution in [1.29, 1.82) is 0 Å². The summed E-state index contributed by atoms with van der Waals surface area (Å²) in [6.45, 7) is 2.71. The highest BCUT2D eigenvalue weighted by Gasteiger charge is 2.26. The summed E-state index contributed by atoms with van der Waals surface area (Å²) in [6.07, 6.45) is 6.34. The number of aliphatic imine (C=N–C) groups is 1. The van der Waals surface area contributed by atoms with Crippen molar-refractivity contribution in [3.05, 3.63) is 47.6 Å². The third-order valence-corrected chi connectivity index (χ3v) is 5.67. The topological polar surface area (TPSA) is 108 Å². The van der Waals surface area contributed by atoms with Crippen molar-refractivity contribution in [1.82, 2.24) is 14.9 Å². The summed E-state index contributed by atoms with van der Waals surface area (Å²) in [4.78, 5) is 52.8. The number of nitrogens with zero attached hydrogens (tertiary/aromatic N) is 5. The van der Waals surface area contributed by atoms with E-state index in [-0.39, 0.29) is 12.3 Å². The Kier molecular flexibility index (Phi) is 5.94. The molecular formula is C20H20N6O3S. The maximum atomic E-state index is 12.6. The van der Waals surface area contributed by atoms with Gasteiger partial charge in [0.05, 0.1) is 12.1 Å². The SMILES string of the molecule is O=C1N=CC=CC1C(=O)Nc1nc(CC(=O)N2CCN(c3ccccn3)CC2)cs1. The van der Waals surface area contributed by atoms with E-state index >= 15 is 0 Å². The number of carbonyl (C=O) groups excluding carboxylic acids is 3. The number of hydrogen-bond acceptors (Lipinski definition) is 7. The van der Waals surface area contributed by atoms with Gasteiger partial charge in [0.1, 0.15) is 11.7 Å². The zero-order valence-corrected chi connectivity index (χ0v) is 16.9. The lowest BCUT2D eigenvalue weighted by atomic mass is 10.1. The van der Waals surface area contributed by atoms with Crippen LogP contribution in [0, 0.1) is 5.92 Å². The molecule has 154 valence electrons. The molecule has 0 radical (unpaired) electrons. The predicted molar refractivity (Wildman–Crippen MR) is 114 cm³/mol. The summed E-state index contributed by atoms with van der Waals surface area (Å²) >= 11 is 1.23. The molecule has 10 heteroatoms. The molecule has 1 N–H and O–H groups in total. The minimum atomic E-state index is -0.945. The van der Waals surface area contributed by atoms with Crippen LogP contribution in [-0.4, -0.2) is 65.0 Å². The van der Waals surface area contributed by atoms with Gasteiger partial charge in [-0.05, 0) is 18.2 Å². The van der Waals surface area contributed by atoms with Crippen molar-refractivity contribution in [2.45, 2.75) is 6.42 Å². The molecule has 0 aliphatic carbocycles. The summed E-state index contributed by atoms with van der Waals surface area (Å²) in [5.74, 6) is -1.02. The van der Waals surface area contributed by atoms with Gasteiger partial charge in [0.2, 0.25) is 11.8 Å². The quantitative estimate of drug-likeness (QED) is 0.722. The fraction of sp³-hybridized carbons (Fsp3) is 0.300. The van der Waals surface area contributed by atoms with Crippen molar-refractivity contribution in [3.8, 4) is 0 Å². The molecule has 30 heavy (non-hydrogen) atoms. The van der Waals surface area contributed by atoms with E-state index in [0.29, 0.717) is 23.9 Å². The first-order valence-electron chi connectivity index (χ1n) is 9.54. The van der Waals surface area contributed by atoms with Crippen LogP contribution in [0.25, 0.3) is 0 Å². The molecule has 4 heterocycles. The van der Waals surface area contributed by atoms with E-state index in [2.05, 4.69) is 25.2 Å². The largest absolute Gasteiger partial charge is 0.353 e. The van der Waals surface area contributed by atoms with E-state index in [1.54, 1.807) is 17.7 Å². The van der Waals surface area contributed by atoms with Gasteiger partial charge in [-0.3, -0.25) is 14.4 Å². The maximum absolute atomic E-state index is 12.6. The number of rotatable bonds is 5. The number of dihydropyridines is 1. The number of pyridine rings is 1. The second-order valence-corrected chi connectivity index (χ2v) is 7.70. The number of thiazole rings is 1. The summed E-state index contributed by atoms with van der Waals surface area (Å²) in [7, 11) is 0. The van der Waals surface area contributed by atoms with Crippen molar-refractivity contribution in [2.75, 3.05) is 36.4 Å². The van der Waals surface area contributed by atoms with Crippen LogP contribution in [0.1, 0.15) is 5.69 Å². The van der Waals surface area contributed by atoms with Gasteiger partial charge in [0.25, 0.3) is 5.91 Å². The first-order valence-corrected chi connectivity index (χ1v) is 10.4. The Hall–Kier alpha value is -3.40. The summed E-state index contributed by atoms with van der Waals surface area (Å²) in [5.41, 5.74) is 0.594. The van der Waals surface area contributed by atoms with Gasteiger partial charge in [0, 0.05) is 44.0 Å². The lowest BCUT2D eigenvalue weighted by Crippen LogP contribution is -2.49. The zero-order chi connectivity index (χ0) is 20.9. The Balaban J connectivity index is 1.28. The van der Waals surface area contributed by atoms with Gasteiger partial charge >= 0.3 is 0 Å². The van der Waals surface area contributed by atoms with Crippen LogP contribution in [-0.2, 0) is 20.8 Å². The van der Waals surface area contributed by atoms with Gasteiger partial charge < -0.3 is 15.1 Å². The number of allylic oxidation sites excluding steroid dienone is 1. The molecule has 1 atom stereocenters. The molecule has 4 rings (SSSR count). The molecule has 1 saturated heterocycles. The molecule has 2 aromatic heterocycles. The fourth-order valence-electron chi connectivity index (χ4n) is 3.26. The van der Waals surface area contributed by atoms with Crippen LogP contribution in [0.15, 0.2) is 46.9 Å². The van der Waals surface area contributed by atoms with E-state index < -0.39 is 17.7 Å². The highest BCUT2D eigenvalue weighted by molar-refractivity contribution is 7.14. The van der Waals surface area contributed by atoms with Crippen LogP contribution in [0.5, 0.6) is 0 Å². The van der Waals surface area contributed by atoms with Gasteiger partial charge in [0.15, 0.2) is 5.13 Å².